The maximum Gasteiger partial charge on any atom is 0.306 e. The molecule has 0 aliphatic rings. The van der Waals surface area contributed by atoms with Gasteiger partial charge in [-0.1, -0.05) is 6.92 Å². The molecule has 2 N–H and O–H groups in total. The van der Waals surface area contributed by atoms with Crippen LogP contribution < -0.4 is 5.32 Å². The molecule has 4 nitrogen and oxygen atoms in total. The molecule has 1 unspecified atom stereocenters. The molecular formula is C7H15NO3. The molecule has 0 saturated carbocycles. The first-order valence-electron chi connectivity index (χ1n) is 3.69. The minimum Gasteiger partial charge on any atom is -0.469 e. The number of aliphatic hydroxyl groups is 1. The van der Waals surface area contributed by atoms with Crippen LogP contribution in [0.5, 0.6) is 0 Å². The van der Waals surface area contributed by atoms with Gasteiger partial charge in [0.15, 0.2) is 0 Å². The second kappa shape index (κ2) is 6.12. The summed E-state index contributed by atoms with van der Waals surface area (Å²) in [5.74, 6) is -0.263. The molecule has 0 aliphatic carbocycles. The number of carbonyl (C=O) groups excluding carboxylic acids is 1. The molecule has 66 valence electrons. The maximum absolute atomic E-state index is 10.5. The topological polar surface area (TPSA) is 58.6 Å². The number of methoxy groups -OCH3 is 1. The van der Waals surface area contributed by atoms with Crippen molar-refractivity contribution in [3.8, 4) is 0 Å². The van der Waals surface area contributed by atoms with Gasteiger partial charge in [0, 0.05) is 6.54 Å². The normalized spacial score (nSPS) is 12.6. The smallest absolute Gasteiger partial charge is 0.306 e. The number of hydrogen-bond acceptors (Lipinski definition) is 4. The lowest BCUT2D eigenvalue weighted by Gasteiger charge is -2.08. The van der Waals surface area contributed by atoms with Gasteiger partial charge in [-0.3, -0.25) is 10.1 Å². The Morgan fingerprint density at radius 3 is 2.82 bits per heavy atom. The zero-order chi connectivity index (χ0) is 8.69. The van der Waals surface area contributed by atoms with E-state index in [2.05, 4.69) is 10.1 Å². The van der Waals surface area contributed by atoms with E-state index in [0.29, 0.717) is 19.4 Å². The summed E-state index contributed by atoms with van der Waals surface area (Å²) in [5.41, 5.74) is 0. The fraction of sp³-hybridized carbons (Fsp3) is 0.857. The Morgan fingerprint density at radius 2 is 2.36 bits per heavy atom. The summed E-state index contributed by atoms with van der Waals surface area (Å²) in [6.45, 7) is 2.32. The third kappa shape index (κ3) is 5.82. The van der Waals surface area contributed by atoms with Crippen LogP contribution in [0.4, 0.5) is 0 Å². The number of hydrogen-bond donors (Lipinski definition) is 2. The predicted octanol–water partition coefficient (Wildman–Crippen LogP) is -0.133. The molecule has 0 aromatic carbocycles. The summed E-state index contributed by atoms with van der Waals surface area (Å²) >= 11 is 0. The van der Waals surface area contributed by atoms with Crippen LogP contribution in [-0.4, -0.2) is 31.0 Å². The largest absolute Gasteiger partial charge is 0.469 e. The van der Waals surface area contributed by atoms with Gasteiger partial charge in [-0.05, 0) is 6.42 Å². The van der Waals surface area contributed by atoms with Gasteiger partial charge in [0.1, 0.15) is 6.23 Å². The maximum atomic E-state index is 10.5. The van der Waals surface area contributed by atoms with Crippen molar-refractivity contribution in [1.82, 2.24) is 5.32 Å². The van der Waals surface area contributed by atoms with Crippen LogP contribution in [-0.2, 0) is 9.53 Å². The second-order valence-corrected chi connectivity index (χ2v) is 2.20. The van der Waals surface area contributed by atoms with Gasteiger partial charge in [0.25, 0.3) is 0 Å². The molecule has 0 rings (SSSR count). The van der Waals surface area contributed by atoms with E-state index in [-0.39, 0.29) is 5.97 Å². The quantitative estimate of drug-likeness (QED) is 0.435. The lowest BCUT2D eigenvalue weighted by molar-refractivity contribution is -0.140. The Kier molecular flexibility index (Phi) is 5.78. The third-order valence-corrected chi connectivity index (χ3v) is 1.32. The predicted molar refractivity (Wildman–Crippen MR) is 40.9 cm³/mol. The van der Waals surface area contributed by atoms with Crippen LogP contribution in [0.2, 0.25) is 0 Å². The summed E-state index contributed by atoms with van der Waals surface area (Å²) < 4.78 is 4.41. The molecule has 11 heavy (non-hydrogen) atoms. The van der Waals surface area contributed by atoms with Crippen LogP contribution in [0.1, 0.15) is 19.8 Å². The van der Waals surface area contributed by atoms with Crippen molar-refractivity contribution in [1.29, 1.82) is 0 Å². The Hall–Kier alpha value is -0.610. The van der Waals surface area contributed by atoms with Gasteiger partial charge in [-0.15, -0.1) is 0 Å². The van der Waals surface area contributed by atoms with E-state index >= 15 is 0 Å². The molecule has 0 heterocycles. The fourth-order valence-corrected chi connectivity index (χ4v) is 0.587. The van der Waals surface area contributed by atoms with Gasteiger partial charge < -0.3 is 9.84 Å². The van der Waals surface area contributed by atoms with E-state index in [1.807, 2.05) is 6.92 Å². The van der Waals surface area contributed by atoms with E-state index in [1.165, 1.54) is 7.11 Å². The van der Waals surface area contributed by atoms with E-state index in [0.717, 1.165) is 0 Å². The number of rotatable bonds is 5. The first kappa shape index (κ1) is 10.4. The molecule has 0 aromatic rings. The highest BCUT2D eigenvalue weighted by atomic mass is 16.5. The standard InChI is InChI=1S/C7H15NO3/c1-3-6(9)8-5-4-7(10)11-2/h6,8-9H,3-5H2,1-2H3. The lowest BCUT2D eigenvalue weighted by Crippen LogP contribution is -2.30. The summed E-state index contributed by atoms with van der Waals surface area (Å²) in [6.07, 6.45) is 0.425. The monoisotopic (exact) mass is 161 g/mol. The average Bonchev–Trinajstić information content (AvgIpc) is 2.04. The van der Waals surface area contributed by atoms with Gasteiger partial charge in [-0.2, -0.15) is 0 Å². The van der Waals surface area contributed by atoms with E-state index in [1.54, 1.807) is 0 Å². The number of esters is 1. The zero-order valence-corrected chi connectivity index (χ0v) is 6.96. The molecule has 0 radical (unpaired) electrons. The lowest BCUT2D eigenvalue weighted by atomic mass is 10.4. The van der Waals surface area contributed by atoms with Crippen molar-refractivity contribution in [3.63, 3.8) is 0 Å². The van der Waals surface area contributed by atoms with E-state index < -0.39 is 6.23 Å². The van der Waals surface area contributed by atoms with Crippen LogP contribution in [0, 0.1) is 0 Å². The molecule has 0 fully saturated rings. The Balaban J connectivity index is 3.20. The second-order valence-electron chi connectivity index (χ2n) is 2.20. The number of carbonyl (C=O) groups is 1. The van der Waals surface area contributed by atoms with E-state index in [9.17, 15) is 4.79 Å². The summed E-state index contributed by atoms with van der Waals surface area (Å²) in [4.78, 5) is 10.5. The highest BCUT2D eigenvalue weighted by Gasteiger charge is 2.01. The van der Waals surface area contributed by atoms with Crippen molar-refractivity contribution in [2.75, 3.05) is 13.7 Å². The highest BCUT2D eigenvalue weighted by molar-refractivity contribution is 5.69. The SMILES string of the molecule is CCC(O)NCCC(=O)OC. The summed E-state index contributed by atoms with van der Waals surface area (Å²) in [7, 11) is 1.35. The first-order chi connectivity index (χ1) is 5.20. The number of nitrogens with one attached hydrogen (secondary N) is 1. The summed E-state index contributed by atoms with van der Waals surface area (Å²) in [6, 6.07) is 0. The van der Waals surface area contributed by atoms with Crippen molar-refractivity contribution < 1.29 is 14.6 Å². The van der Waals surface area contributed by atoms with Crippen LogP contribution in [0.3, 0.4) is 0 Å². The molecule has 0 bridgehead atoms. The van der Waals surface area contributed by atoms with Crippen LogP contribution in [0.15, 0.2) is 0 Å². The van der Waals surface area contributed by atoms with Crippen molar-refractivity contribution in [3.05, 3.63) is 0 Å². The highest BCUT2D eigenvalue weighted by Crippen LogP contribution is 1.86. The van der Waals surface area contributed by atoms with Crippen molar-refractivity contribution in [2.45, 2.75) is 26.0 Å². The number of aliphatic hydroxyl groups excluding tert-OH is 1. The van der Waals surface area contributed by atoms with Gasteiger partial charge in [0.2, 0.25) is 0 Å². The van der Waals surface area contributed by atoms with Crippen LogP contribution in [0.25, 0.3) is 0 Å². The van der Waals surface area contributed by atoms with Crippen LogP contribution >= 0.6 is 0 Å². The zero-order valence-electron chi connectivity index (χ0n) is 6.96. The molecule has 4 heteroatoms. The minimum absolute atomic E-state index is 0.263. The van der Waals surface area contributed by atoms with Gasteiger partial charge in [-0.25, -0.2) is 0 Å². The Morgan fingerprint density at radius 1 is 1.73 bits per heavy atom. The summed E-state index contributed by atoms with van der Waals surface area (Å²) in [5, 5.41) is 11.7. The van der Waals surface area contributed by atoms with Gasteiger partial charge in [0.05, 0.1) is 13.5 Å². The first-order valence-corrected chi connectivity index (χ1v) is 3.69. The molecular weight excluding hydrogens is 146 g/mol. The van der Waals surface area contributed by atoms with E-state index in [4.69, 9.17) is 5.11 Å². The number of ether oxygens (including phenoxy) is 1. The fourth-order valence-electron chi connectivity index (χ4n) is 0.587. The molecule has 0 aromatic heterocycles. The Labute approximate surface area is 66.5 Å². The molecule has 0 spiro atoms. The molecule has 0 aliphatic heterocycles. The third-order valence-electron chi connectivity index (χ3n) is 1.32. The van der Waals surface area contributed by atoms with Crippen molar-refractivity contribution >= 4 is 5.97 Å². The van der Waals surface area contributed by atoms with Crippen molar-refractivity contribution in [2.24, 2.45) is 0 Å². The Bertz CT molecular complexity index is 116. The van der Waals surface area contributed by atoms with Gasteiger partial charge >= 0.3 is 5.97 Å². The molecule has 0 saturated heterocycles. The molecule has 0 amide bonds. The molecule has 1 atom stereocenters. The minimum atomic E-state index is -0.514. The average molecular weight is 161 g/mol.